The molecule has 0 spiro atoms. The van der Waals surface area contributed by atoms with E-state index in [0.717, 1.165) is 18.4 Å². The lowest BCUT2D eigenvalue weighted by atomic mass is 9.99. The lowest BCUT2D eigenvalue weighted by molar-refractivity contribution is 0.454. The van der Waals surface area contributed by atoms with Gasteiger partial charge in [-0.3, -0.25) is 0 Å². The lowest BCUT2D eigenvalue weighted by Gasteiger charge is -2.23. The van der Waals surface area contributed by atoms with E-state index in [9.17, 15) is 4.39 Å². The molecule has 112 valence electrons. The fraction of sp³-hybridized carbons (Fsp3) is 0.368. The van der Waals surface area contributed by atoms with Crippen LogP contribution < -0.4 is 5.32 Å². The van der Waals surface area contributed by atoms with Crippen molar-refractivity contribution in [2.45, 2.75) is 45.7 Å². The second-order valence-electron chi connectivity index (χ2n) is 5.50. The molecule has 0 aliphatic rings. The molecule has 0 radical (unpaired) electrons. The molecular formula is C19H24FN. The SMILES string of the molecule is CCc1ccc(C(CC)NC(C)c2cccc(F)c2)cc1. The minimum Gasteiger partial charge on any atom is -0.303 e. The smallest absolute Gasteiger partial charge is 0.123 e. The summed E-state index contributed by atoms with van der Waals surface area (Å²) in [5.41, 5.74) is 3.63. The van der Waals surface area contributed by atoms with Gasteiger partial charge in [-0.2, -0.15) is 0 Å². The zero-order chi connectivity index (χ0) is 15.2. The maximum absolute atomic E-state index is 13.3. The van der Waals surface area contributed by atoms with E-state index in [1.807, 2.05) is 6.07 Å². The molecule has 0 bridgehead atoms. The predicted molar refractivity (Wildman–Crippen MR) is 86.8 cm³/mol. The van der Waals surface area contributed by atoms with Crippen molar-refractivity contribution in [1.29, 1.82) is 0 Å². The highest BCUT2D eigenvalue weighted by molar-refractivity contribution is 5.26. The molecule has 2 atom stereocenters. The first-order valence-corrected chi connectivity index (χ1v) is 7.74. The molecule has 2 unspecified atom stereocenters. The molecule has 0 amide bonds. The first kappa shape index (κ1) is 15.7. The first-order chi connectivity index (χ1) is 10.1. The number of aryl methyl sites for hydroxylation is 1. The molecule has 1 N–H and O–H groups in total. The van der Waals surface area contributed by atoms with Gasteiger partial charge in [0.25, 0.3) is 0 Å². The minimum atomic E-state index is -0.179. The van der Waals surface area contributed by atoms with Gasteiger partial charge in [0.1, 0.15) is 5.82 Å². The van der Waals surface area contributed by atoms with Crippen LogP contribution in [0.15, 0.2) is 48.5 Å². The van der Waals surface area contributed by atoms with Gasteiger partial charge in [0, 0.05) is 12.1 Å². The van der Waals surface area contributed by atoms with Gasteiger partial charge in [-0.25, -0.2) is 4.39 Å². The van der Waals surface area contributed by atoms with E-state index in [1.165, 1.54) is 17.2 Å². The summed E-state index contributed by atoms with van der Waals surface area (Å²) in [5, 5.41) is 3.60. The lowest BCUT2D eigenvalue weighted by Crippen LogP contribution is -2.24. The van der Waals surface area contributed by atoms with Crippen LogP contribution in [0.2, 0.25) is 0 Å². The second kappa shape index (κ2) is 7.37. The number of nitrogens with one attached hydrogen (secondary N) is 1. The maximum Gasteiger partial charge on any atom is 0.123 e. The van der Waals surface area contributed by atoms with Crippen LogP contribution in [-0.4, -0.2) is 0 Å². The van der Waals surface area contributed by atoms with Crippen LogP contribution in [-0.2, 0) is 6.42 Å². The molecule has 21 heavy (non-hydrogen) atoms. The molecule has 0 heterocycles. The van der Waals surface area contributed by atoms with E-state index >= 15 is 0 Å². The van der Waals surface area contributed by atoms with Crippen LogP contribution in [0.25, 0.3) is 0 Å². The Labute approximate surface area is 127 Å². The van der Waals surface area contributed by atoms with Crippen molar-refractivity contribution in [1.82, 2.24) is 5.32 Å². The van der Waals surface area contributed by atoms with E-state index < -0.39 is 0 Å². The Morgan fingerprint density at radius 1 is 1.00 bits per heavy atom. The van der Waals surface area contributed by atoms with Crippen LogP contribution in [0.4, 0.5) is 4.39 Å². The van der Waals surface area contributed by atoms with Crippen molar-refractivity contribution in [3.05, 3.63) is 71.0 Å². The van der Waals surface area contributed by atoms with Gasteiger partial charge < -0.3 is 5.32 Å². The monoisotopic (exact) mass is 285 g/mol. The van der Waals surface area contributed by atoms with E-state index in [-0.39, 0.29) is 17.9 Å². The highest BCUT2D eigenvalue weighted by Crippen LogP contribution is 2.23. The Hall–Kier alpha value is -1.67. The molecule has 2 aromatic carbocycles. The third kappa shape index (κ3) is 4.15. The Kier molecular flexibility index (Phi) is 5.51. The third-order valence-electron chi connectivity index (χ3n) is 4.00. The summed E-state index contributed by atoms with van der Waals surface area (Å²) in [4.78, 5) is 0. The van der Waals surface area contributed by atoms with Gasteiger partial charge in [-0.05, 0) is 48.6 Å². The molecule has 0 aromatic heterocycles. The molecule has 2 aromatic rings. The summed E-state index contributed by atoms with van der Waals surface area (Å²) in [6.07, 6.45) is 2.06. The van der Waals surface area contributed by atoms with Crippen LogP contribution in [0.5, 0.6) is 0 Å². The average Bonchev–Trinajstić information content (AvgIpc) is 2.52. The van der Waals surface area contributed by atoms with E-state index in [2.05, 4.69) is 50.4 Å². The highest BCUT2D eigenvalue weighted by Gasteiger charge is 2.14. The number of halogens is 1. The van der Waals surface area contributed by atoms with E-state index in [0.29, 0.717) is 0 Å². The minimum absolute atomic E-state index is 0.122. The van der Waals surface area contributed by atoms with Crippen molar-refractivity contribution in [3.8, 4) is 0 Å². The normalized spacial score (nSPS) is 13.9. The molecule has 2 rings (SSSR count). The van der Waals surface area contributed by atoms with Crippen LogP contribution in [0.1, 0.15) is 56.0 Å². The quantitative estimate of drug-likeness (QED) is 0.770. The predicted octanol–water partition coefficient (Wildman–Crippen LogP) is 5.19. The Bertz CT molecular complexity index is 562. The second-order valence-corrected chi connectivity index (χ2v) is 5.50. The highest BCUT2D eigenvalue weighted by atomic mass is 19.1. The fourth-order valence-electron chi connectivity index (χ4n) is 2.61. The number of benzene rings is 2. The van der Waals surface area contributed by atoms with Crippen LogP contribution in [0, 0.1) is 5.82 Å². The molecule has 0 saturated carbocycles. The average molecular weight is 285 g/mol. The topological polar surface area (TPSA) is 12.0 Å². The Balaban J connectivity index is 2.10. The molecule has 0 aliphatic carbocycles. The summed E-state index contributed by atoms with van der Waals surface area (Å²) >= 11 is 0. The zero-order valence-electron chi connectivity index (χ0n) is 13.1. The van der Waals surface area contributed by atoms with Crippen molar-refractivity contribution in [2.75, 3.05) is 0 Å². The summed E-state index contributed by atoms with van der Waals surface area (Å²) in [7, 11) is 0. The summed E-state index contributed by atoms with van der Waals surface area (Å²) in [6.45, 7) is 6.41. The zero-order valence-corrected chi connectivity index (χ0v) is 13.1. The van der Waals surface area contributed by atoms with Crippen molar-refractivity contribution >= 4 is 0 Å². The van der Waals surface area contributed by atoms with Gasteiger partial charge in [-0.15, -0.1) is 0 Å². The van der Waals surface area contributed by atoms with E-state index in [1.54, 1.807) is 12.1 Å². The first-order valence-electron chi connectivity index (χ1n) is 7.74. The van der Waals surface area contributed by atoms with Gasteiger partial charge in [0.05, 0.1) is 0 Å². The van der Waals surface area contributed by atoms with E-state index in [4.69, 9.17) is 0 Å². The Morgan fingerprint density at radius 2 is 1.71 bits per heavy atom. The van der Waals surface area contributed by atoms with Gasteiger partial charge in [-0.1, -0.05) is 50.2 Å². The molecule has 0 aliphatic heterocycles. The number of hydrogen-bond donors (Lipinski definition) is 1. The van der Waals surface area contributed by atoms with Crippen molar-refractivity contribution in [3.63, 3.8) is 0 Å². The van der Waals surface area contributed by atoms with Crippen LogP contribution in [0.3, 0.4) is 0 Å². The summed E-state index contributed by atoms with van der Waals surface area (Å²) in [5.74, 6) is -0.179. The molecule has 0 fully saturated rings. The molecule has 1 nitrogen and oxygen atoms in total. The Morgan fingerprint density at radius 3 is 2.29 bits per heavy atom. The summed E-state index contributed by atoms with van der Waals surface area (Å²) < 4.78 is 13.3. The maximum atomic E-state index is 13.3. The molecule has 0 saturated heterocycles. The number of rotatable bonds is 6. The standard InChI is InChI=1S/C19H24FN/c1-4-15-9-11-16(12-10-15)19(5-2)21-14(3)17-7-6-8-18(20)13-17/h6-14,19,21H,4-5H2,1-3H3. The van der Waals surface area contributed by atoms with Gasteiger partial charge in [0.2, 0.25) is 0 Å². The largest absolute Gasteiger partial charge is 0.303 e. The fourth-order valence-corrected chi connectivity index (χ4v) is 2.61. The van der Waals surface area contributed by atoms with Crippen molar-refractivity contribution in [2.24, 2.45) is 0 Å². The van der Waals surface area contributed by atoms with Gasteiger partial charge >= 0.3 is 0 Å². The van der Waals surface area contributed by atoms with Crippen LogP contribution >= 0.6 is 0 Å². The van der Waals surface area contributed by atoms with Crippen molar-refractivity contribution < 1.29 is 4.39 Å². The molecular weight excluding hydrogens is 261 g/mol. The number of hydrogen-bond acceptors (Lipinski definition) is 1. The summed E-state index contributed by atoms with van der Waals surface area (Å²) in [6, 6.07) is 16.0. The molecule has 2 heteroatoms. The van der Waals surface area contributed by atoms with Gasteiger partial charge in [0.15, 0.2) is 0 Å². The third-order valence-corrected chi connectivity index (χ3v) is 4.00.